The topological polar surface area (TPSA) is 46.2 Å². The number of hydrogen-bond donors (Lipinski definition) is 1. The summed E-state index contributed by atoms with van der Waals surface area (Å²) in [4.78, 5) is 22.9. The van der Waals surface area contributed by atoms with E-state index in [1.165, 1.54) is 6.92 Å². The van der Waals surface area contributed by atoms with Crippen molar-refractivity contribution < 1.29 is 9.59 Å². The predicted molar refractivity (Wildman–Crippen MR) is 54.9 cm³/mol. The summed E-state index contributed by atoms with van der Waals surface area (Å²) in [7, 11) is 0. The Morgan fingerprint density at radius 1 is 1.40 bits per heavy atom. The number of carbonyl (C=O) groups excluding carboxylic acids is 2. The van der Waals surface area contributed by atoms with Gasteiger partial charge in [0.15, 0.2) is 0 Å². The van der Waals surface area contributed by atoms with Gasteiger partial charge in [-0.3, -0.25) is 9.59 Å². The summed E-state index contributed by atoms with van der Waals surface area (Å²) >= 11 is 0. The van der Waals surface area contributed by atoms with Gasteiger partial charge in [0.05, 0.1) is 0 Å². The molecule has 3 heteroatoms. The zero-order valence-electron chi connectivity index (χ0n) is 8.77. The molecular weight excluding hydrogens is 190 g/mol. The first-order valence-corrected chi connectivity index (χ1v) is 5.65. The number of carbonyl (C=O) groups is 2. The van der Waals surface area contributed by atoms with Crippen LogP contribution in [-0.4, -0.2) is 17.7 Å². The second-order valence-corrected chi connectivity index (χ2v) is 5.03. The van der Waals surface area contributed by atoms with Gasteiger partial charge in [0.25, 0.3) is 0 Å². The Hall–Kier alpha value is -1.12. The predicted octanol–water partition coefficient (Wildman–Crippen LogP) is 0.902. The molecule has 0 heterocycles. The maximum atomic E-state index is 11.9. The van der Waals surface area contributed by atoms with Crippen LogP contribution < -0.4 is 5.32 Å². The molecule has 3 aliphatic carbocycles. The smallest absolute Gasteiger partial charge is 0.217 e. The van der Waals surface area contributed by atoms with E-state index in [0.29, 0.717) is 30.0 Å². The van der Waals surface area contributed by atoms with Gasteiger partial charge in [-0.15, -0.1) is 0 Å². The van der Waals surface area contributed by atoms with Crippen molar-refractivity contribution in [2.24, 2.45) is 23.7 Å². The highest BCUT2D eigenvalue weighted by atomic mass is 16.1. The first kappa shape index (κ1) is 9.13. The zero-order valence-corrected chi connectivity index (χ0v) is 8.77. The van der Waals surface area contributed by atoms with E-state index in [1.807, 2.05) is 0 Å². The molecule has 3 aliphatic rings. The number of ketones is 1. The van der Waals surface area contributed by atoms with Crippen LogP contribution in [0.15, 0.2) is 12.2 Å². The van der Waals surface area contributed by atoms with Crippen LogP contribution in [0.3, 0.4) is 0 Å². The summed E-state index contributed by atoms with van der Waals surface area (Å²) in [6, 6.07) is 0.0972. The lowest BCUT2D eigenvalue weighted by Crippen LogP contribution is -2.38. The van der Waals surface area contributed by atoms with Crippen LogP contribution in [0, 0.1) is 23.7 Å². The van der Waals surface area contributed by atoms with Crippen molar-refractivity contribution in [3.8, 4) is 0 Å². The third-order valence-electron chi connectivity index (χ3n) is 4.17. The molecule has 0 saturated heterocycles. The summed E-state index contributed by atoms with van der Waals surface area (Å²) in [5.74, 6) is 1.93. The summed E-state index contributed by atoms with van der Waals surface area (Å²) in [5, 5.41) is 2.93. The maximum absolute atomic E-state index is 11.9. The fourth-order valence-corrected chi connectivity index (χ4v) is 3.76. The molecule has 2 saturated carbocycles. The summed E-state index contributed by atoms with van der Waals surface area (Å²) in [6.07, 6.45) is 6.10. The average Bonchev–Trinajstić information content (AvgIpc) is 2.78. The van der Waals surface area contributed by atoms with Gasteiger partial charge in [-0.2, -0.15) is 0 Å². The largest absolute Gasteiger partial charge is 0.353 e. The Morgan fingerprint density at radius 2 is 2.13 bits per heavy atom. The third-order valence-corrected chi connectivity index (χ3v) is 4.17. The molecule has 3 nitrogen and oxygen atoms in total. The zero-order chi connectivity index (χ0) is 10.6. The monoisotopic (exact) mass is 205 g/mol. The highest BCUT2D eigenvalue weighted by Gasteiger charge is 2.55. The van der Waals surface area contributed by atoms with Gasteiger partial charge in [0.1, 0.15) is 5.78 Å². The van der Waals surface area contributed by atoms with Crippen molar-refractivity contribution in [3.63, 3.8) is 0 Å². The van der Waals surface area contributed by atoms with Crippen LogP contribution in [0.25, 0.3) is 0 Å². The SMILES string of the molecule is CC(=O)N[C@H]1CC(=O)C2C1[C@@H]1C=C[C@H]2C1. The van der Waals surface area contributed by atoms with E-state index < -0.39 is 0 Å². The quantitative estimate of drug-likeness (QED) is 0.646. The highest BCUT2D eigenvalue weighted by Crippen LogP contribution is 2.53. The fraction of sp³-hybridized carbons (Fsp3) is 0.667. The molecule has 3 rings (SSSR count). The minimum absolute atomic E-state index is 0.0137. The molecule has 15 heavy (non-hydrogen) atoms. The van der Waals surface area contributed by atoms with E-state index in [0.717, 1.165) is 6.42 Å². The number of rotatable bonds is 1. The van der Waals surface area contributed by atoms with Gasteiger partial charge in [-0.25, -0.2) is 0 Å². The molecule has 0 aliphatic heterocycles. The molecule has 2 fully saturated rings. The van der Waals surface area contributed by atoms with E-state index in [1.54, 1.807) is 0 Å². The highest BCUT2D eigenvalue weighted by molar-refractivity contribution is 5.87. The van der Waals surface area contributed by atoms with Gasteiger partial charge >= 0.3 is 0 Å². The Morgan fingerprint density at radius 3 is 2.87 bits per heavy atom. The first-order valence-electron chi connectivity index (χ1n) is 5.65. The second kappa shape index (κ2) is 2.94. The molecular formula is C12H15NO2. The van der Waals surface area contributed by atoms with Crippen molar-refractivity contribution >= 4 is 11.7 Å². The normalized spacial score (nSPS) is 45.9. The molecule has 2 bridgehead atoms. The Kier molecular flexibility index (Phi) is 1.79. The van der Waals surface area contributed by atoms with Crippen LogP contribution in [0.2, 0.25) is 0 Å². The minimum Gasteiger partial charge on any atom is -0.353 e. The Labute approximate surface area is 88.9 Å². The lowest BCUT2D eigenvalue weighted by Gasteiger charge is -2.24. The van der Waals surface area contributed by atoms with Crippen LogP contribution in [0.4, 0.5) is 0 Å². The van der Waals surface area contributed by atoms with Gasteiger partial charge in [-0.05, 0) is 24.2 Å². The van der Waals surface area contributed by atoms with E-state index in [4.69, 9.17) is 0 Å². The van der Waals surface area contributed by atoms with Crippen LogP contribution in [0.5, 0.6) is 0 Å². The Balaban J connectivity index is 1.87. The van der Waals surface area contributed by atoms with Crippen molar-refractivity contribution in [3.05, 3.63) is 12.2 Å². The summed E-state index contributed by atoms with van der Waals surface area (Å²) in [5.41, 5.74) is 0. The lowest BCUT2D eigenvalue weighted by molar-refractivity contribution is -0.121. The minimum atomic E-state index is -0.0137. The number of Topliss-reactive ketones (excluding diaryl/α,β-unsaturated/α-hetero) is 1. The van der Waals surface area contributed by atoms with Crippen molar-refractivity contribution in [2.45, 2.75) is 25.8 Å². The van der Waals surface area contributed by atoms with E-state index in [9.17, 15) is 9.59 Å². The third kappa shape index (κ3) is 1.18. The standard InChI is InChI=1S/C12H15NO2/c1-6(14)13-9-5-10(15)12-8-3-2-7(4-8)11(9)12/h2-3,7-9,11-12H,4-5H2,1H3,(H,13,14)/t7-,8+,9+,11?,12?/m1/s1. The van der Waals surface area contributed by atoms with Crippen molar-refractivity contribution in [2.75, 3.05) is 0 Å². The number of fused-ring (bicyclic) bond motifs is 5. The number of hydrogen-bond acceptors (Lipinski definition) is 2. The van der Waals surface area contributed by atoms with Crippen molar-refractivity contribution in [1.82, 2.24) is 5.32 Å². The molecule has 5 atom stereocenters. The molecule has 0 spiro atoms. The molecule has 0 aromatic rings. The fourth-order valence-electron chi connectivity index (χ4n) is 3.76. The van der Waals surface area contributed by atoms with E-state index >= 15 is 0 Å². The number of amides is 1. The number of nitrogens with one attached hydrogen (secondary N) is 1. The van der Waals surface area contributed by atoms with Crippen LogP contribution in [0.1, 0.15) is 19.8 Å². The summed E-state index contributed by atoms with van der Waals surface area (Å²) in [6.45, 7) is 1.53. The number of allylic oxidation sites excluding steroid dienone is 2. The van der Waals surface area contributed by atoms with Crippen LogP contribution >= 0.6 is 0 Å². The van der Waals surface area contributed by atoms with Crippen LogP contribution in [-0.2, 0) is 9.59 Å². The first-order chi connectivity index (χ1) is 7.16. The van der Waals surface area contributed by atoms with E-state index in [2.05, 4.69) is 17.5 Å². The second-order valence-electron chi connectivity index (χ2n) is 5.03. The molecule has 0 aromatic carbocycles. The molecule has 80 valence electrons. The summed E-state index contributed by atoms with van der Waals surface area (Å²) < 4.78 is 0. The van der Waals surface area contributed by atoms with Gasteiger partial charge in [0, 0.05) is 25.3 Å². The van der Waals surface area contributed by atoms with Crippen molar-refractivity contribution in [1.29, 1.82) is 0 Å². The van der Waals surface area contributed by atoms with E-state index in [-0.39, 0.29) is 17.9 Å². The molecule has 1 N–H and O–H groups in total. The molecule has 2 unspecified atom stereocenters. The maximum Gasteiger partial charge on any atom is 0.217 e. The van der Waals surface area contributed by atoms with Gasteiger partial charge in [0.2, 0.25) is 5.91 Å². The lowest BCUT2D eigenvalue weighted by atomic mass is 9.84. The van der Waals surface area contributed by atoms with Gasteiger partial charge < -0.3 is 5.32 Å². The molecule has 1 amide bonds. The Bertz CT molecular complexity index is 361. The molecule has 0 radical (unpaired) electrons. The average molecular weight is 205 g/mol. The molecule has 0 aromatic heterocycles. The van der Waals surface area contributed by atoms with Gasteiger partial charge in [-0.1, -0.05) is 12.2 Å².